The first kappa shape index (κ1) is 18.1. The van der Waals surface area contributed by atoms with Crippen molar-refractivity contribution >= 4 is 17.4 Å². The molecule has 2 aromatic rings. The molecule has 3 rings (SSSR count). The first-order valence-electron chi connectivity index (χ1n) is 8.34. The van der Waals surface area contributed by atoms with Crippen molar-refractivity contribution < 1.29 is 14.5 Å². The van der Waals surface area contributed by atoms with Gasteiger partial charge in [-0.2, -0.15) is 5.26 Å². The topological polar surface area (TPSA) is 113 Å². The summed E-state index contributed by atoms with van der Waals surface area (Å²) in [6.07, 6.45) is 1.63. The largest absolute Gasteiger partial charge is 0.477 e. The third-order valence-corrected chi connectivity index (χ3v) is 4.25. The number of piperazine rings is 1. The number of nitro benzene ring substituents is 1. The molecule has 1 fully saturated rings. The van der Waals surface area contributed by atoms with E-state index in [1.54, 1.807) is 35.4 Å². The van der Waals surface area contributed by atoms with E-state index >= 15 is 0 Å². The van der Waals surface area contributed by atoms with Crippen LogP contribution in [-0.4, -0.2) is 53.5 Å². The van der Waals surface area contributed by atoms with Crippen LogP contribution >= 0.6 is 0 Å². The Labute approximate surface area is 155 Å². The monoisotopic (exact) mass is 367 g/mol. The molecule has 1 aliphatic heterocycles. The number of pyridine rings is 1. The van der Waals surface area contributed by atoms with Gasteiger partial charge in [0.2, 0.25) is 0 Å². The molecule has 0 bridgehead atoms. The minimum Gasteiger partial charge on any atom is -0.477 e. The second kappa shape index (κ2) is 8.14. The summed E-state index contributed by atoms with van der Waals surface area (Å²) in [5.41, 5.74) is 0.325. The van der Waals surface area contributed by atoms with Gasteiger partial charge in [-0.05, 0) is 18.2 Å². The molecule has 0 radical (unpaired) electrons. The molecular formula is C18H17N5O4. The van der Waals surface area contributed by atoms with Crippen molar-refractivity contribution in [1.82, 2.24) is 9.88 Å². The Morgan fingerprint density at radius 3 is 2.67 bits per heavy atom. The molecule has 0 N–H and O–H groups in total. The summed E-state index contributed by atoms with van der Waals surface area (Å²) >= 11 is 0. The van der Waals surface area contributed by atoms with E-state index in [1.165, 1.54) is 12.1 Å². The fourth-order valence-corrected chi connectivity index (χ4v) is 2.86. The molecule has 9 nitrogen and oxygen atoms in total. The van der Waals surface area contributed by atoms with Crippen molar-refractivity contribution in [3.8, 4) is 11.8 Å². The van der Waals surface area contributed by atoms with Crippen molar-refractivity contribution in [1.29, 1.82) is 5.26 Å². The number of hydrogen-bond donors (Lipinski definition) is 0. The predicted molar refractivity (Wildman–Crippen MR) is 96.3 cm³/mol. The quantitative estimate of drug-likeness (QED) is 0.582. The van der Waals surface area contributed by atoms with Gasteiger partial charge in [0.25, 0.3) is 5.91 Å². The number of para-hydroxylation sites is 2. The normalized spacial score (nSPS) is 13.7. The van der Waals surface area contributed by atoms with E-state index in [4.69, 9.17) is 4.74 Å². The van der Waals surface area contributed by atoms with Crippen LogP contribution in [0.4, 0.5) is 11.5 Å². The Morgan fingerprint density at radius 1 is 1.22 bits per heavy atom. The number of nitro groups is 1. The molecule has 0 spiro atoms. The highest BCUT2D eigenvalue weighted by molar-refractivity contribution is 5.78. The van der Waals surface area contributed by atoms with E-state index < -0.39 is 4.92 Å². The van der Waals surface area contributed by atoms with Crippen LogP contribution in [0.1, 0.15) is 5.56 Å². The van der Waals surface area contributed by atoms with E-state index in [1.807, 2.05) is 4.90 Å². The van der Waals surface area contributed by atoms with Gasteiger partial charge in [0, 0.05) is 38.4 Å². The number of amides is 1. The molecule has 1 saturated heterocycles. The van der Waals surface area contributed by atoms with Crippen LogP contribution < -0.4 is 9.64 Å². The van der Waals surface area contributed by atoms with Gasteiger partial charge in [0.05, 0.1) is 10.5 Å². The van der Waals surface area contributed by atoms with Gasteiger partial charge in [0.15, 0.2) is 12.4 Å². The second-order valence-corrected chi connectivity index (χ2v) is 5.87. The summed E-state index contributed by atoms with van der Waals surface area (Å²) in [7, 11) is 0. The number of carbonyl (C=O) groups excluding carboxylic acids is 1. The van der Waals surface area contributed by atoms with Gasteiger partial charge in [-0.15, -0.1) is 0 Å². The van der Waals surface area contributed by atoms with Gasteiger partial charge < -0.3 is 14.5 Å². The van der Waals surface area contributed by atoms with Gasteiger partial charge in [0.1, 0.15) is 11.9 Å². The van der Waals surface area contributed by atoms with E-state index in [2.05, 4.69) is 11.1 Å². The lowest BCUT2D eigenvalue weighted by Crippen LogP contribution is -2.50. The molecule has 27 heavy (non-hydrogen) atoms. The number of anilines is 1. The molecule has 1 aromatic heterocycles. The van der Waals surface area contributed by atoms with Crippen molar-refractivity contribution in [2.45, 2.75) is 0 Å². The van der Waals surface area contributed by atoms with Crippen molar-refractivity contribution in [3.63, 3.8) is 0 Å². The number of rotatable bonds is 5. The highest BCUT2D eigenvalue weighted by Crippen LogP contribution is 2.26. The summed E-state index contributed by atoms with van der Waals surface area (Å²) in [5, 5.41) is 20.2. The lowest BCUT2D eigenvalue weighted by atomic mass is 10.2. The summed E-state index contributed by atoms with van der Waals surface area (Å²) < 4.78 is 5.36. The molecule has 1 aromatic carbocycles. The van der Waals surface area contributed by atoms with Crippen LogP contribution in [0.3, 0.4) is 0 Å². The molecule has 2 heterocycles. The highest BCUT2D eigenvalue weighted by atomic mass is 16.6. The Hall–Kier alpha value is -3.67. The van der Waals surface area contributed by atoms with Crippen molar-refractivity contribution in [2.75, 3.05) is 37.7 Å². The van der Waals surface area contributed by atoms with Gasteiger partial charge in [-0.3, -0.25) is 14.9 Å². The third-order valence-electron chi connectivity index (χ3n) is 4.25. The van der Waals surface area contributed by atoms with Crippen LogP contribution in [-0.2, 0) is 4.79 Å². The summed E-state index contributed by atoms with van der Waals surface area (Å²) in [4.78, 5) is 30.7. The van der Waals surface area contributed by atoms with Crippen LogP contribution in [0.2, 0.25) is 0 Å². The lowest BCUT2D eigenvalue weighted by molar-refractivity contribution is -0.385. The predicted octanol–water partition coefficient (Wildman–Crippen LogP) is 1.59. The molecule has 1 aliphatic rings. The fraction of sp³-hybridized carbons (Fsp3) is 0.278. The first-order valence-corrected chi connectivity index (χ1v) is 8.34. The maximum atomic E-state index is 12.4. The zero-order valence-corrected chi connectivity index (χ0v) is 14.4. The van der Waals surface area contributed by atoms with Crippen LogP contribution in [0.15, 0.2) is 42.6 Å². The van der Waals surface area contributed by atoms with E-state index in [-0.39, 0.29) is 24.0 Å². The number of nitriles is 1. The zero-order chi connectivity index (χ0) is 19.2. The van der Waals surface area contributed by atoms with Gasteiger partial charge >= 0.3 is 5.69 Å². The third kappa shape index (κ3) is 4.12. The van der Waals surface area contributed by atoms with E-state index in [0.717, 1.165) is 0 Å². The summed E-state index contributed by atoms with van der Waals surface area (Å²) in [6.45, 7) is 1.74. The van der Waals surface area contributed by atoms with Gasteiger partial charge in [-0.1, -0.05) is 12.1 Å². The molecule has 9 heteroatoms. The van der Waals surface area contributed by atoms with Crippen molar-refractivity contribution in [3.05, 3.63) is 58.3 Å². The number of ether oxygens (including phenoxy) is 1. The SMILES string of the molecule is N#Cc1cccnc1N1CCN(C(=O)COc2ccccc2[N+](=O)[O-])CC1. The van der Waals surface area contributed by atoms with Gasteiger partial charge in [-0.25, -0.2) is 4.98 Å². The molecular weight excluding hydrogens is 350 g/mol. The van der Waals surface area contributed by atoms with E-state index in [9.17, 15) is 20.2 Å². The number of hydrogen-bond acceptors (Lipinski definition) is 7. The number of benzene rings is 1. The first-order chi connectivity index (χ1) is 13.1. The Morgan fingerprint density at radius 2 is 1.96 bits per heavy atom. The molecule has 0 atom stereocenters. The zero-order valence-electron chi connectivity index (χ0n) is 14.4. The van der Waals surface area contributed by atoms with E-state index in [0.29, 0.717) is 37.6 Å². The number of carbonyl (C=O) groups is 1. The highest BCUT2D eigenvalue weighted by Gasteiger charge is 2.24. The maximum absolute atomic E-state index is 12.4. The second-order valence-electron chi connectivity index (χ2n) is 5.87. The fourth-order valence-electron chi connectivity index (χ4n) is 2.86. The molecule has 1 amide bonds. The Bertz CT molecular complexity index is 887. The Balaban J connectivity index is 1.56. The minimum atomic E-state index is -0.543. The minimum absolute atomic E-state index is 0.0710. The maximum Gasteiger partial charge on any atom is 0.310 e. The lowest BCUT2D eigenvalue weighted by Gasteiger charge is -2.35. The average Bonchev–Trinajstić information content (AvgIpc) is 2.72. The smallest absolute Gasteiger partial charge is 0.310 e. The summed E-state index contributed by atoms with van der Waals surface area (Å²) in [6, 6.07) is 11.5. The van der Waals surface area contributed by atoms with Crippen LogP contribution in [0.5, 0.6) is 5.75 Å². The van der Waals surface area contributed by atoms with Crippen molar-refractivity contribution in [2.24, 2.45) is 0 Å². The summed E-state index contributed by atoms with van der Waals surface area (Å²) in [5.74, 6) is 0.444. The Kier molecular flexibility index (Phi) is 5.47. The standard InChI is InChI=1S/C18H17N5O4/c19-12-14-4-3-7-20-18(14)22-10-8-21(9-11-22)17(24)13-27-16-6-2-1-5-15(16)23(25)26/h1-7H,8-11,13H2. The van der Waals surface area contributed by atoms with Crippen LogP contribution in [0, 0.1) is 21.4 Å². The number of aromatic nitrogens is 1. The molecule has 0 saturated carbocycles. The number of nitrogens with zero attached hydrogens (tertiary/aromatic N) is 5. The average molecular weight is 367 g/mol. The molecule has 0 aliphatic carbocycles. The molecule has 138 valence electrons. The molecule has 0 unspecified atom stereocenters. The van der Waals surface area contributed by atoms with Crippen LogP contribution in [0.25, 0.3) is 0 Å².